The molecule has 1 heterocycles. The maximum Gasteiger partial charge on any atom is 0.416 e. The Morgan fingerprint density at radius 3 is 2.50 bits per heavy atom. The Kier molecular flexibility index (Phi) is 3.72. The van der Waals surface area contributed by atoms with Crippen molar-refractivity contribution in [3.8, 4) is 23.1 Å². The molecule has 0 saturated heterocycles. The quantitative estimate of drug-likeness (QED) is 0.725. The van der Waals surface area contributed by atoms with Crippen LogP contribution in [-0.4, -0.2) is 9.67 Å². The number of aromatic nitrogens is 1. The maximum absolute atomic E-state index is 13.0. The minimum Gasteiger partial charge on any atom is -0.508 e. The molecular weight excluding hydrogens is 317 g/mol. The number of phenolic OH excluding ortho intramolecular Hbond substituents is 1. The van der Waals surface area contributed by atoms with E-state index in [0.29, 0.717) is 34.3 Å². The molecule has 0 aliphatic heterocycles. The second-order valence-electron chi connectivity index (χ2n) is 5.36. The summed E-state index contributed by atoms with van der Waals surface area (Å²) in [5, 5.41) is 19.7. The molecule has 0 spiro atoms. The number of nitriles is 1. The summed E-state index contributed by atoms with van der Waals surface area (Å²) in [5.41, 5.74) is 0.978. The van der Waals surface area contributed by atoms with E-state index in [1.54, 1.807) is 23.6 Å². The first-order valence-corrected chi connectivity index (χ1v) is 7.29. The van der Waals surface area contributed by atoms with Gasteiger partial charge in [-0.1, -0.05) is 18.2 Å². The summed E-state index contributed by atoms with van der Waals surface area (Å²) in [6, 6.07) is 11.8. The number of phenols is 1. The molecule has 3 aromatic rings. The molecule has 0 bridgehead atoms. The van der Waals surface area contributed by atoms with Crippen LogP contribution in [0.5, 0.6) is 5.75 Å². The van der Waals surface area contributed by atoms with Gasteiger partial charge < -0.3 is 9.67 Å². The van der Waals surface area contributed by atoms with Crippen LogP contribution in [-0.2, 0) is 12.7 Å². The van der Waals surface area contributed by atoms with Crippen LogP contribution in [0.15, 0.2) is 42.5 Å². The second kappa shape index (κ2) is 5.60. The number of aromatic hydroxyl groups is 1. The standard InChI is InChI=1S/C18H13F3N2O/c1-2-23-16-9-12(18(19,20)21)6-7-14(16)15(10-22)17(23)11-4-3-5-13(24)8-11/h3-9,24H,2H2,1H3. The Hall–Kier alpha value is -2.94. The molecular formula is C18H13F3N2O. The predicted octanol–water partition coefficient (Wildman–Crippen LogP) is 4.92. The topological polar surface area (TPSA) is 49.0 Å². The number of alkyl halides is 3. The molecule has 0 atom stereocenters. The van der Waals surface area contributed by atoms with Gasteiger partial charge >= 0.3 is 6.18 Å². The first-order chi connectivity index (χ1) is 11.4. The minimum atomic E-state index is -4.45. The molecule has 0 unspecified atom stereocenters. The summed E-state index contributed by atoms with van der Waals surface area (Å²) in [5.74, 6) is 0.0280. The fraction of sp³-hybridized carbons (Fsp3) is 0.167. The minimum absolute atomic E-state index is 0.0280. The molecule has 0 radical (unpaired) electrons. The van der Waals surface area contributed by atoms with Crippen LogP contribution in [0.3, 0.4) is 0 Å². The first kappa shape index (κ1) is 15.9. The lowest BCUT2D eigenvalue weighted by Gasteiger charge is -2.10. The van der Waals surface area contributed by atoms with Gasteiger partial charge in [0.2, 0.25) is 0 Å². The molecule has 1 N–H and O–H groups in total. The lowest BCUT2D eigenvalue weighted by molar-refractivity contribution is -0.137. The van der Waals surface area contributed by atoms with Crippen molar-refractivity contribution in [2.24, 2.45) is 0 Å². The van der Waals surface area contributed by atoms with Gasteiger partial charge in [-0.3, -0.25) is 0 Å². The summed E-state index contributed by atoms with van der Waals surface area (Å²) >= 11 is 0. The molecule has 1 aromatic heterocycles. The van der Waals surface area contributed by atoms with Gasteiger partial charge in [0.25, 0.3) is 0 Å². The van der Waals surface area contributed by atoms with Gasteiger partial charge in [0.15, 0.2) is 0 Å². The van der Waals surface area contributed by atoms with Crippen molar-refractivity contribution in [2.75, 3.05) is 0 Å². The van der Waals surface area contributed by atoms with E-state index in [1.165, 1.54) is 18.2 Å². The molecule has 0 amide bonds. The summed E-state index contributed by atoms with van der Waals surface area (Å²) < 4.78 is 40.7. The van der Waals surface area contributed by atoms with Gasteiger partial charge in [-0.25, -0.2) is 0 Å². The van der Waals surface area contributed by atoms with Gasteiger partial charge in [-0.05, 0) is 31.2 Å². The van der Waals surface area contributed by atoms with Crippen molar-refractivity contribution in [2.45, 2.75) is 19.6 Å². The number of aryl methyl sites for hydroxylation is 1. The summed E-state index contributed by atoms with van der Waals surface area (Å²) in [6.45, 7) is 2.19. The Balaban J connectivity index is 2.39. The number of fused-ring (bicyclic) bond motifs is 1. The zero-order valence-corrected chi connectivity index (χ0v) is 12.7. The van der Waals surface area contributed by atoms with E-state index in [2.05, 4.69) is 6.07 Å². The largest absolute Gasteiger partial charge is 0.508 e. The smallest absolute Gasteiger partial charge is 0.416 e. The highest BCUT2D eigenvalue weighted by molar-refractivity contribution is 5.95. The molecule has 0 saturated carbocycles. The van der Waals surface area contributed by atoms with Crippen LogP contribution in [0.4, 0.5) is 13.2 Å². The maximum atomic E-state index is 13.0. The fourth-order valence-corrected chi connectivity index (χ4v) is 2.92. The highest BCUT2D eigenvalue weighted by Crippen LogP contribution is 2.38. The number of rotatable bonds is 2. The third kappa shape index (κ3) is 2.48. The predicted molar refractivity (Wildman–Crippen MR) is 84.4 cm³/mol. The molecule has 2 aromatic carbocycles. The van der Waals surface area contributed by atoms with Crippen LogP contribution >= 0.6 is 0 Å². The molecule has 3 nitrogen and oxygen atoms in total. The molecule has 3 rings (SSSR count). The van der Waals surface area contributed by atoms with Crippen molar-refractivity contribution in [1.29, 1.82) is 5.26 Å². The van der Waals surface area contributed by atoms with E-state index < -0.39 is 11.7 Å². The van der Waals surface area contributed by atoms with Crippen LogP contribution < -0.4 is 0 Å². The van der Waals surface area contributed by atoms with E-state index in [1.807, 2.05) is 0 Å². The molecule has 122 valence electrons. The second-order valence-corrected chi connectivity index (χ2v) is 5.36. The van der Waals surface area contributed by atoms with Gasteiger partial charge in [0, 0.05) is 17.5 Å². The Bertz CT molecular complexity index is 965. The Morgan fingerprint density at radius 2 is 1.92 bits per heavy atom. The average Bonchev–Trinajstić information content (AvgIpc) is 2.86. The molecule has 0 aliphatic rings. The highest BCUT2D eigenvalue weighted by atomic mass is 19.4. The van der Waals surface area contributed by atoms with Crippen LogP contribution in [0.1, 0.15) is 18.1 Å². The number of nitrogens with zero attached hydrogens (tertiary/aromatic N) is 2. The molecule has 6 heteroatoms. The van der Waals surface area contributed by atoms with Crippen LogP contribution in [0, 0.1) is 11.3 Å². The van der Waals surface area contributed by atoms with Gasteiger partial charge in [-0.15, -0.1) is 0 Å². The number of hydrogen-bond donors (Lipinski definition) is 1. The van der Waals surface area contributed by atoms with E-state index in [9.17, 15) is 23.5 Å². The third-order valence-electron chi connectivity index (χ3n) is 3.94. The van der Waals surface area contributed by atoms with E-state index >= 15 is 0 Å². The van der Waals surface area contributed by atoms with Crippen molar-refractivity contribution in [3.05, 3.63) is 53.6 Å². The Labute approximate surface area is 136 Å². The van der Waals surface area contributed by atoms with E-state index in [4.69, 9.17) is 0 Å². The van der Waals surface area contributed by atoms with Gasteiger partial charge in [0.05, 0.1) is 22.3 Å². The summed E-state index contributed by atoms with van der Waals surface area (Å²) in [6.07, 6.45) is -4.45. The number of hydrogen-bond acceptors (Lipinski definition) is 2. The van der Waals surface area contributed by atoms with Crippen molar-refractivity contribution < 1.29 is 18.3 Å². The van der Waals surface area contributed by atoms with Gasteiger partial charge in [-0.2, -0.15) is 18.4 Å². The fourth-order valence-electron chi connectivity index (χ4n) is 2.92. The van der Waals surface area contributed by atoms with E-state index in [-0.39, 0.29) is 5.75 Å². The molecule has 24 heavy (non-hydrogen) atoms. The van der Waals surface area contributed by atoms with Crippen LogP contribution in [0.25, 0.3) is 22.2 Å². The Morgan fingerprint density at radius 1 is 1.17 bits per heavy atom. The zero-order valence-electron chi connectivity index (χ0n) is 12.7. The number of benzene rings is 2. The molecule has 0 fully saturated rings. The molecule has 0 aliphatic carbocycles. The summed E-state index contributed by atoms with van der Waals surface area (Å²) in [7, 11) is 0. The monoisotopic (exact) mass is 330 g/mol. The zero-order chi connectivity index (χ0) is 17.5. The normalized spacial score (nSPS) is 11.6. The van der Waals surface area contributed by atoms with Crippen molar-refractivity contribution in [1.82, 2.24) is 4.57 Å². The van der Waals surface area contributed by atoms with Crippen LogP contribution in [0.2, 0.25) is 0 Å². The average molecular weight is 330 g/mol. The first-order valence-electron chi connectivity index (χ1n) is 7.29. The lowest BCUT2D eigenvalue weighted by atomic mass is 10.0. The van der Waals surface area contributed by atoms with Crippen molar-refractivity contribution >= 4 is 10.9 Å². The van der Waals surface area contributed by atoms with Crippen molar-refractivity contribution in [3.63, 3.8) is 0 Å². The third-order valence-corrected chi connectivity index (χ3v) is 3.94. The highest BCUT2D eigenvalue weighted by Gasteiger charge is 2.31. The summed E-state index contributed by atoms with van der Waals surface area (Å²) in [4.78, 5) is 0. The lowest BCUT2D eigenvalue weighted by Crippen LogP contribution is -2.05. The number of halogens is 3. The SMILES string of the molecule is CCn1c(-c2cccc(O)c2)c(C#N)c2ccc(C(F)(F)F)cc21. The van der Waals surface area contributed by atoms with Gasteiger partial charge in [0.1, 0.15) is 11.8 Å². The van der Waals surface area contributed by atoms with E-state index in [0.717, 1.165) is 12.1 Å².